The van der Waals surface area contributed by atoms with Gasteiger partial charge in [0.05, 0.1) is 17.0 Å². The summed E-state index contributed by atoms with van der Waals surface area (Å²) in [6.07, 6.45) is 2.06. The minimum absolute atomic E-state index is 0.166. The van der Waals surface area contributed by atoms with Crippen LogP contribution >= 0.6 is 11.3 Å². The smallest absolute Gasteiger partial charge is 0.211 e. The maximum Gasteiger partial charge on any atom is 0.211 e. The fourth-order valence-electron chi connectivity index (χ4n) is 1.88. The van der Waals surface area contributed by atoms with Crippen molar-refractivity contribution in [3.63, 3.8) is 0 Å². The summed E-state index contributed by atoms with van der Waals surface area (Å²) in [5.74, 6) is 0.166. The third-order valence-corrected chi connectivity index (χ3v) is 5.01. The average molecular weight is 310 g/mol. The van der Waals surface area contributed by atoms with Gasteiger partial charge in [-0.2, -0.15) is 0 Å². The molecule has 0 amide bonds. The average Bonchev–Trinajstić information content (AvgIpc) is 2.93. The second kappa shape index (κ2) is 7.52. The van der Waals surface area contributed by atoms with Crippen molar-refractivity contribution in [1.82, 2.24) is 9.71 Å². The van der Waals surface area contributed by atoms with Crippen molar-refractivity contribution in [3.05, 3.63) is 52.5 Å². The Labute approximate surface area is 123 Å². The Hall–Kier alpha value is -1.24. The quantitative estimate of drug-likeness (QED) is 0.813. The molecule has 0 spiro atoms. The topological polar surface area (TPSA) is 59.1 Å². The molecule has 1 aromatic heterocycles. The van der Waals surface area contributed by atoms with Crippen LogP contribution in [0.15, 0.2) is 41.2 Å². The van der Waals surface area contributed by atoms with Gasteiger partial charge in [-0.15, -0.1) is 11.3 Å². The molecule has 0 aliphatic carbocycles. The Kier molecular flexibility index (Phi) is 5.70. The van der Waals surface area contributed by atoms with E-state index in [2.05, 4.69) is 9.71 Å². The summed E-state index contributed by atoms with van der Waals surface area (Å²) >= 11 is 1.52. The third-order valence-electron chi connectivity index (χ3n) is 2.91. The van der Waals surface area contributed by atoms with E-state index in [9.17, 15) is 8.42 Å². The molecule has 2 aromatic rings. The van der Waals surface area contributed by atoms with Crippen LogP contribution in [0.3, 0.4) is 0 Å². The van der Waals surface area contributed by atoms with Gasteiger partial charge in [-0.3, -0.25) is 0 Å². The molecule has 6 heteroatoms. The van der Waals surface area contributed by atoms with E-state index in [1.807, 2.05) is 35.7 Å². The lowest BCUT2D eigenvalue weighted by atomic mass is 10.1. The van der Waals surface area contributed by atoms with E-state index < -0.39 is 10.0 Å². The Morgan fingerprint density at radius 2 is 1.95 bits per heavy atom. The molecule has 0 radical (unpaired) electrons. The van der Waals surface area contributed by atoms with E-state index in [4.69, 9.17) is 0 Å². The summed E-state index contributed by atoms with van der Waals surface area (Å²) in [6, 6.07) is 9.93. The fourth-order valence-corrected chi connectivity index (χ4v) is 3.55. The molecular weight excluding hydrogens is 292 g/mol. The molecule has 2 rings (SSSR count). The molecule has 0 unspecified atom stereocenters. The van der Waals surface area contributed by atoms with Gasteiger partial charge < -0.3 is 0 Å². The van der Waals surface area contributed by atoms with Crippen LogP contribution in [-0.2, 0) is 22.9 Å². The molecule has 1 aromatic carbocycles. The molecule has 1 N–H and O–H groups in total. The number of aromatic nitrogens is 1. The summed E-state index contributed by atoms with van der Waals surface area (Å²) in [5, 5.41) is 1.93. The van der Waals surface area contributed by atoms with Crippen LogP contribution in [0.2, 0.25) is 0 Å². The SMILES string of the molecule is O=S(=O)(CCCc1ccccc1)NCCc1cscn1. The number of thiazole rings is 1. The number of rotatable bonds is 8. The van der Waals surface area contributed by atoms with E-state index in [1.54, 1.807) is 5.51 Å². The molecular formula is C14H18N2O2S2. The number of aryl methyl sites for hydroxylation is 1. The van der Waals surface area contributed by atoms with Crippen molar-refractivity contribution >= 4 is 21.4 Å². The second-order valence-electron chi connectivity index (χ2n) is 4.53. The van der Waals surface area contributed by atoms with Gasteiger partial charge in [0, 0.05) is 18.3 Å². The van der Waals surface area contributed by atoms with Crippen LogP contribution in [0, 0.1) is 0 Å². The lowest BCUT2D eigenvalue weighted by Crippen LogP contribution is -2.28. The van der Waals surface area contributed by atoms with Crippen LogP contribution in [0.4, 0.5) is 0 Å². The number of nitrogens with zero attached hydrogens (tertiary/aromatic N) is 1. The summed E-state index contributed by atoms with van der Waals surface area (Å²) in [7, 11) is -3.18. The summed E-state index contributed by atoms with van der Waals surface area (Å²) in [4.78, 5) is 4.12. The van der Waals surface area contributed by atoms with Gasteiger partial charge in [-0.1, -0.05) is 30.3 Å². The summed E-state index contributed by atoms with van der Waals surface area (Å²) in [6.45, 7) is 0.414. The molecule has 20 heavy (non-hydrogen) atoms. The first-order chi connectivity index (χ1) is 9.66. The van der Waals surface area contributed by atoms with Crippen molar-refractivity contribution in [1.29, 1.82) is 0 Å². The van der Waals surface area contributed by atoms with Crippen LogP contribution in [-0.4, -0.2) is 25.7 Å². The normalized spacial score (nSPS) is 11.6. The summed E-state index contributed by atoms with van der Waals surface area (Å²) < 4.78 is 26.3. The van der Waals surface area contributed by atoms with Gasteiger partial charge >= 0.3 is 0 Å². The third kappa shape index (κ3) is 5.40. The minimum atomic E-state index is -3.18. The second-order valence-corrected chi connectivity index (χ2v) is 7.18. The Morgan fingerprint density at radius 3 is 2.65 bits per heavy atom. The highest BCUT2D eigenvalue weighted by Gasteiger charge is 2.09. The van der Waals surface area contributed by atoms with Gasteiger partial charge in [0.15, 0.2) is 0 Å². The maximum absolute atomic E-state index is 11.8. The monoisotopic (exact) mass is 310 g/mol. The van der Waals surface area contributed by atoms with E-state index in [0.717, 1.165) is 12.1 Å². The first-order valence-corrected chi connectivity index (χ1v) is 9.13. The fraction of sp³-hybridized carbons (Fsp3) is 0.357. The van der Waals surface area contributed by atoms with Crippen LogP contribution in [0.1, 0.15) is 17.7 Å². The summed E-state index contributed by atoms with van der Waals surface area (Å²) in [5.41, 5.74) is 3.86. The maximum atomic E-state index is 11.8. The Morgan fingerprint density at radius 1 is 1.15 bits per heavy atom. The largest absolute Gasteiger partial charge is 0.250 e. The zero-order valence-corrected chi connectivity index (χ0v) is 12.8. The van der Waals surface area contributed by atoms with E-state index in [-0.39, 0.29) is 5.75 Å². The lowest BCUT2D eigenvalue weighted by molar-refractivity contribution is 0.578. The number of hydrogen-bond donors (Lipinski definition) is 1. The van der Waals surface area contributed by atoms with Gasteiger partial charge in [0.2, 0.25) is 10.0 Å². The zero-order valence-electron chi connectivity index (χ0n) is 11.2. The van der Waals surface area contributed by atoms with E-state index in [0.29, 0.717) is 19.4 Å². The molecule has 4 nitrogen and oxygen atoms in total. The van der Waals surface area contributed by atoms with Gasteiger partial charge in [-0.05, 0) is 18.4 Å². The van der Waals surface area contributed by atoms with Gasteiger partial charge in [0.25, 0.3) is 0 Å². The highest BCUT2D eigenvalue weighted by molar-refractivity contribution is 7.89. The predicted octanol–water partition coefficient (Wildman–Crippen LogP) is 2.24. The van der Waals surface area contributed by atoms with Crippen molar-refractivity contribution in [2.45, 2.75) is 19.3 Å². The van der Waals surface area contributed by atoms with Gasteiger partial charge in [-0.25, -0.2) is 18.1 Å². The molecule has 1 heterocycles. The van der Waals surface area contributed by atoms with Crippen molar-refractivity contribution in [3.8, 4) is 0 Å². The molecule has 108 valence electrons. The number of nitrogens with one attached hydrogen (secondary N) is 1. The number of sulfonamides is 1. The Bertz CT molecular complexity index is 595. The molecule has 0 fully saturated rings. The van der Waals surface area contributed by atoms with Crippen molar-refractivity contribution in [2.75, 3.05) is 12.3 Å². The molecule has 0 saturated carbocycles. The highest BCUT2D eigenvalue weighted by atomic mass is 32.2. The van der Waals surface area contributed by atoms with Crippen LogP contribution in [0.5, 0.6) is 0 Å². The minimum Gasteiger partial charge on any atom is -0.250 e. The van der Waals surface area contributed by atoms with Crippen LogP contribution in [0.25, 0.3) is 0 Å². The zero-order chi connectivity index (χ0) is 14.3. The first-order valence-electron chi connectivity index (χ1n) is 6.54. The molecule has 0 saturated heterocycles. The first kappa shape index (κ1) is 15.2. The van der Waals surface area contributed by atoms with Gasteiger partial charge in [0.1, 0.15) is 0 Å². The van der Waals surface area contributed by atoms with E-state index in [1.165, 1.54) is 16.9 Å². The van der Waals surface area contributed by atoms with E-state index >= 15 is 0 Å². The van der Waals surface area contributed by atoms with Crippen molar-refractivity contribution in [2.24, 2.45) is 0 Å². The number of hydrogen-bond acceptors (Lipinski definition) is 4. The molecule has 0 aliphatic rings. The molecule has 0 aliphatic heterocycles. The standard InChI is InChI=1S/C14H18N2O2S2/c17-20(18,16-9-8-14-11-19-12-15-14)10-4-7-13-5-2-1-3-6-13/h1-3,5-6,11-12,16H,4,7-10H2. The lowest BCUT2D eigenvalue weighted by Gasteiger charge is -2.06. The molecule has 0 atom stereocenters. The highest BCUT2D eigenvalue weighted by Crippen LogP contribution is 2.04. The number of benzene rings is 1. The predicted molar refractivity (Wildman–Crippen MR) is 82.4 cm³/mol. The molecule has 0 bridgehead atoms. The van der Waals surface area contributed by atoms with Crippen molar-refractivity contribution < 1.29 is 8.42 Å². The van der Waals surface area contributed by atoms with Crippen LogP contribution < -0.4 is 4.72 Å². The Balaban J connectivity index is 1.68.